The molecule has 0 bridgehead atoms. The summed E-state index contributed by atoms with van der Waals surface area (Å²) in [6.45, 7) is 0.784. The van der Waals surface area contributed by atoms with Gasteiger partial charge in [0.05, 0.1) is 11.6 Å². The third kappa shape index (κ3) is 1.75. The van der Waals surface area contributed by atoms with Crippen LogP contribution in [-0.2, 0) is 4.74 Å². The van der Waals surface area contributed by atoms with Crippen LogP contribution in [0.5, 0.6) is 0 Å². The average molecular weight is 283 g/mol. The predicted octanol–water partition coefficient (Wildman–Crippen LogP) is 2.84. The molecule has 1 saturated heterocycles. The van der Waals surface area contributed by atoms with Gasteiger partial charge in [0.25, 0.3) is 0 Å². The Kier molecular flexibility index (Phi) is 2.89. The van der Waals surface area contributed by atoms with Gasteiger partial charge in [-0.2, -0.15) is 0 Å². The Bertz CT molecular complexity index is 613. The van der Waals surface area contributed by atoms with Crippen LogP contribution >= 0.6 is 22.9 Å². The molecule has 4 nitrogen and oxygen atoms in total. The number of rotatable bonds is 2. The fraction of sp³-hybridized carbons (Fsp3) is 0.250. The minimum Gasteiger partial charge on any atom is -0.443 e. The molecule has 1 aliphatic rings. The SMILES string of the molecule is NC[C@H]1CN(c2sc3ccccc3c2Cl)C(=O)O1. The number of anilines is 1. The number of carbonyl (C=O) groups is 1. The van der Waals surface area contributed by atoms with Crippen molar-refractivity contribution in [1.29, 1.82) is 0 Å². The maximum Gasteiger partial charge on any atom is 0.415 e. The van der Waals surface area contributed by atoms with E-state index in [0.717, 1.165) is 15.1 Å². The summed E-state index contributed by atoms with van der Waals surface area (Å²) in [5.74, 6) is 0. The Morgan fingerprint density at radius 1 is 1.50 bits per heavy atom. The van der Waals surface area contributed by atoms with Crippen molar-refractivity contribution in [1.82, 2.24) is 0 Å². The first kappa shape index (κ1) is 11.8. The highest BCUT2D eigenvalue weighted by atomic mass is 35.5. The maximum atomic E-state index is 11.8. The average Bonchev–Trinajstić information content (AvgIpc) is 2.91. The van der Waals surface area contributed by atoms with Crippen molar-refractivity contribution in [2.75, 3.05) is 18.0 Å². The summed E-state index contributed by atoms with van der Waals surface area (Å²) in [4.78, 5) is 13.3. The molecule has 1 amide bonds. The second-order valence-corrected chi connectivity index (χ2v) is 5.48. The van der Waals surface area contributed by atoms with Gasteiger partial charge in [0.2, 0.25) is 0 Å². The monoisotopic (exact) mass is 282 g/mol. The lowest BCUT2D eigenvalue weighted by Crippen LogP contribution is -2.26. The van der Waals surface area contributed by atoms with Crippen LogP contribution in [0, 0.1) is 0 Å². The molecule has 0 saturated carbocycles. The minimum atomic E-state index is -0.376. The number of ether oxygens (including phenoxy) is 1. The van der Waals surface area contributed by atoms with Crippen LogP contribution in [0.1, 0.15) is 0 Å². The molecule has 0 spiro atoms. The fourth-order valence-electron chi connectivity index (χ4n) is 1.98. The lowest BCUT2D eigenvalue weighted by Gasteiger charge is -2.10. The normalized spacial score (nSPS) is 19.6. The summed E-state index contributed by atoms with van der Waals surface area (Å²) in [6, 6.07) is 7.80. The number of amides is 1. The molecule has 0 unspecified atom stereocenters. The first-order valence-electron chi connectivity index (χ1n) is 5.56. The summed E-state index contributed by atoms with van der Waals surface area (Å²) in [5, 5.41) is 2.30. The molecule has 94 valence electrons. The Labute approximate surface area is 113 Å². The van der Waals surface area contributed by atoms with E-state index >= 15 is 0 Å². The summed E-state index contributed by atoms with van der Waals surface area (Å²) >= 11 is 7.81. The molecular weight excluding hydrogens is 272 g/mol. The van der Waals surface area contributed by atoms with E-state index in [0.29, 0.717) is 18.1 Å². The highest BCUT2D eigenvalue weighted by Gasteiger charge is 2.34. The lowest BCUT2D eigenvalue weighted by atomic mass is 10.2. The van der Waals surface area contributed by atoms with Crippen molar-refractivity contribution < 1.29 is 9.53 Å². The molecule has 1 aromatic heterocycles. The van der Waals surface area contributed by atoms with E-state index in [4.69, 9.17) is 22.1 Å². The van der Waals surface area contributed by atoms with Gasteiger partial charge in [-0.25, -0.2) is 4.79 Å². The number of fused-ring (bicyclic) bond motifs is 1. The number of cyclic esters (lactones) is 1. The van der Waals surface area contributed by atoms with E-state index in [1.54, 1.807) is 4.90 Å². The van der Waals surface area contributed by atoms with Crippen molar-refractivity contribution >= 4 is 44.1 Å². The van der Waals surface area contributed by atoms with Crippen molar-refractivity contribution in [3.05, 3.63) is 29.3 Å². The Balaban J connectivity index is 2.04. The van der Waals surface area contributed by atoms with E-state index < -0.39 is 0 Å². The number of halogens is 1. The van der Waals surface area contributed by atoms with Gasteiger partial charge in [0.1, 0.15) is 11.1 Å². The number of nitrogens with zero attached hydrogens (tertiary/aromatic N) is 1. The van der Waals surface area contributed by atoms with Crippen LogP contribution in [0.4, 0.5) is 9.80 Å². The fourth-order valence-corrected chi connectivity index (χ4v) is 3.52. The van der Waals surface area contributed by atoms with Gasteiger partial charge in [-0.05, 0) is 6.07 Å². The van der Waals surface area contributed by atoms with Gasteiger partial charge in [-0.1, -0.05) is 29.8 Å². The van der Waals surface area contributed by atoms with Crippen molar-refractivity contribution in [2.45, 2.75) is 6.10 Å². The van der Waals surface area contributed by atoms with Crippen molar-refractivity contribution in [3.8, 4) is 0 Å². The zero-order chi connectivity index (χ0) is 12.7. The van der Waals surface area contributed by atoms with E-state index in [1.807, 2.05) is 24.3 Å². The molecule has 0 radical (unpaired) electrons. The predicted molar refractivity (Wildman–Crippen MR) is 73.5 cm³/mol. The van der Waals surface area contributed by atoms with E-state index in [-0.39, 0.29) is 12.2 Å². The summed E-state index contributed by atoms with van der Waals surface area (Å²) in [5.41, 5.74) is 5.52. The smallest absolute Gasteiger partial charge is 0.415 e. The first-order chi connectivity index (χ1) is 8.70. The van der Waals surface area contributed by atoms with Gasteiger partial charge in [-0.15, -0.1) is 11.3 Å². The molecule has 6 heteroatoms. The van der Waals surface area contributed by atoms with E-state index in [9.17, 15) is 4.79 Å². The topological polar surface area (TPSA) is 55.6 Å². The third-order valence-corrected chi connectivity index (χ3v) is 4.59. The number of hydrogen-bond donors (Lipinski definition) is 1. The molecule has 1 aromatic carbocycles. The maximum absolute atomic E-state index is 11.8. The number of nitrogens with two attached hydrogens (primary N) is 1. The third-order valence-electron chi connectivity index (χ3n) is 2.90. The molecule has 0 aliphatic carbocycles. The lowest BCUT2D eigenvalue weighted by molar-refractivity contribution is 0.145. The molecule has 18 heavy (non-hydrogen) atoms. The quantitative estimate of drug-likeness (QED) is 0.921. The summed E-state index contributed by atoms with van der Waals surface area (Å²) < 4.78 is 6.20. The molecule has 2 aromatic rings. The largest absolute Gasteiger partial charge is 0.443 e. The molecule has 1 fully saturated rings. The van der Waals surface area contributed by atoms with Crippen LogP contribution < -0.4 is 10.6 Å². The zero-order valence-electron chi connectivity index (χ0n) is 9.43. The van der Waals surface area contributed by atoms with Gasteiger partial charge >= 0.3 is 6.09 Å². The molecule has 1 atom stereocenters. The highest BCUT2D eigenvalue weighted by Crippen LogP contribution is 2.42. The zero-order valence-corrected chi connectivity index (χ0v) is 11.0. The van der Waals surface area contributed by atoms with E-state index in [2.05, 4.69) is 0 Å². The molecule has 3 rings (SSSR count). The second-order valence-electron chi connectivity index (χ2n) is 4.07. The van der Waals surface area contributed by atoms with Crippen LogP contribution in [0.3, 0.4) is 0 Å². The Morgan fingerprint density at radius 2 is 2.28 bits per heavy atom. The Hall–Kier alpha value is -1.30. The Morgan fingerprint density at radius 3 is 2.94 bits per heavy atom. The van der Waals surface area contributed by atoms with Gasteiger partial charge in [-0.3, -0.25) is 4.90 Å². The molecule has 2 N–H and O–H groups in total. The number of carbonyl (C=O) groups excluding carboxylic acids is 1. The summed E-state index contributed by atoms with van der Waals surface area (Å²) in [7, 11) is 0. The van der Waals surface area contributed by atoms with Crippen LogP contribution in [-0.4, -0.2) is 25.3 Å². The molecular formula is C12H11ClN2O2S. The molecule has 2 heterocycles. The van der Waals surface area contributed by atoms with Crippen LogP contribution in [0.25, 0.3) is 10.1 Å². The standard InChI is InChI=1S/C12H11ClN2O2S/c13-10-8-3-1-2-4-9(8)18-11(10)15-6-7(5-14)17-12(15)16/h1-4,7H,5-6,14H2/t7-/m0/s1. The summed E-state index contributed by atoms with van der Waals surface area (Å²) in [6.07, 6.45) is -0.627. The second kappa shape index (κ2) is 4.42. The highest BCUT2D eigenvalue weighted by molar-refractivity contribution is 7.23. The minimum absolute atomic E-state index is 0.251. The first-order valence-corrected chi connectivity index (χ1v) is 6.75. The molecule has 1 aliphatic heterocycles. The number of hydrogen-bond acceptors (Lipinski definition) is 4. The van der Waals surface area contributed by atoms with Crippen molar-refractivity contribution in [2.24, 2.45) is 5.73 Å². The van der Waals surface area contributed by atoms with Gasteiger partial charge in [0.15, 0.2) is 0 Å². The number of thiophene rings is 1. The van der Waals surface area contributed by atoms with Crippen LogP contribution in [0.15, 0.2) is 24.3 Å². The van der Waals surface area contributed by atoms with Gasteiger partial charge < -0.3 is 10.5 Å². The van der Waals surface area contributed by atoms with Gasteiger partial charge in [0, 0.05) is 16.6 Å². The number of benzene rings is 1. The van der Waals surface area contributed by atoms with E-state index in [1.165, 1.54) is 11.3 Å². The van der Waals surface area contributed by atoms with Crippen molar-refractivity contribution in [3.63, 3.8) is 0 Å². The van der Waals surface area contributed by atoms with Crippen LogP contribution in [0.2, 0.25) is 5.02 Å².